The van der Waals surface area contributed by atoms with Crippen LogP contribution in [0.5, 0.6) is 5.75 Å². The molecule has 0 bridgehead atoms. The summed E-state index contributed by atoms with van der Waals surface area (Å²) in [5.41, 5.74) is 0.914. The number of rotatable bonds is 6. The highest BCUT2D eigenvalue weighted by molar-refractivity contribution is 7.15. The number of thiophene rings is 1. The zero-order valence-electron chi connectivity index (χ0n) is 15.1. The summed E-state index contributed by atoms with van der Waals surface area (Å²) < 4.78 is 31.6. The largest absolute Gasteiger partial charge is 0.435 e. The van der Waals surface area contributed by atoms with Crippen molar-refractivity contribution in [3.63, 3.8) is 0 Å². The van der Waals surface area contributed by atoms with Crippen LogP contribution in [0.15, 0.2) is 53.3 Å². The Bertz CT molecular complexity index is 1190. The summed E-state index contributed by atoms with van der Waals surface area (Å²) in [4.78, 5) is 14.4. The van der Waals surface area contributed by atoms with Crippen molar-refractivity contribution in [2.75, 3.05) is 0 Å². The molecule has 1 aromatic carbocycles. The van der Waals surface area contributed by atoms with Crippen LogP contribution in [-0.2, 0) is 6.54 Å². The number of alkyl halides is 2. The van der Waals surface area contributed by atoms with Gasteiger partial charge in [0.2, 0.25) is 0 Å². The zero-order chi connectivity index (χ0) is 20.4. The first-order valence-corrected chi connectivity index (χ1v) is 9.29. The van der Waals surface area contributed by atoms with Crippen LogP contribution in [0.3, 0.4) is 0 Å². The summed E-state index contributed by atoms with van der Waals surface area (Å²) in [5.74, 6) is 0.386. The highest BCUT2D eigenvalue weighted by atomic mass is 32.1. The van der Waals surface area contributed by atoms with E-state index in [2.05, 4.69) is 25.4 Å². The zero-order valence-corrected chi connectivity index (χ0v) is 15.9. The van der Waals surface area contributed by atoms with Gasteiger partial charge < -0.3 is 4.74 Å². The average molecular weight is 416 g/mol. The first-order chi connectivity index (χ1) is 14.0. The van der Waals surface area contributed by atoms with E-state index in [0.29, 0.717) is 17.2 Å². The van der Waals surface area contributed by atoms with E-state index in [1.54, 1.807) is 29.5 Å². The Balaban J connectivity index is 1.62. The normalized spacial score (nSPS) is 11.2. The molecule has 148 valence electrons. The van der Waals surface area contributed by atoms with Crippen LogP contribution in [-0.4, -0.2) is 36.6 Å². The maximum absolute atomic E-state index is 12.3. The lowest BCUT2D eigenvalue weighted by atomic mass is 10.3. The molecule has 0 saturated heterocycles. The number of ether oxygens (including phenoxy) is 1. The van der Waals surface area contributed by atoms with E-state index < -0.39 is 6.61 Å². The molecule has 3 aromatic heterocycles. The number of aromatic nitrogens is 6. The monoisotopic (exact) mass is 416 g/mol. The summed E-state index contributed by atoms with van der Waals surface area (Å²) >= 11 is 1.58. The van der Waals surface area contributed by atoms with Crippen LogP contribution in [0, 0.1) is 6.92 Å². The molecule has 3 heterocycles. The first kappa shape index (κ1) is 18.9. The summed E-state index contributed by atoms with van der Waals surface area (Å²) in [5, 5.41) is 15.9. The maximum atomic E-state index is 12.3. The molecular weight excluding hydrogens is 402 g/mol. The number of tetrazole rings is 1. The number of benzene rings is 1. The van der Waals surface area contributed by atoms with Crippen molar-refractivity contribution in [1.82, 2.24) is 30.0 Å². The van der Waals surface area contributed by atoms with Gasteiger partial charge in [0, 0.05) is 10.9 Å². The first-order valence-electron chi connectivity index (χ1n) is 8.47. The van der Waals surface area contributed by atoms with Gasteiger partial charge in [-0.25, -0.2) is 4.68 Å². The van der Waals surface area contributed by atoms with E-state index in [0.717, 1.165) is 9.75 Å². The topological polar surface area (TPSA) is 87.7 Å². The average Bonchev–Trinajstić information content (AvgIpc) is 3.33. The summed E-state index contributed by atoms with van der Waals surface area (Å²) in [6.45, 7) is -0.864. The molecule has 0 spiro atoms. The molecular formula is C18H14F2N6O2S. The molecule has 11 heteroatoms. The molecule has 0 atom stereocenters. The predicted octanol–water partition coefficient (Wildman–Crippen LogP) is 2.91. The van der Waals surface area contributed by atoms with E-state index >= 15 is 0 Å². The third-order valence-electron chi connectivity index (χ3n) is 3.99. The van der Waals surface area contributed by atoms with Gasteiger partial charge in [-0.05, 0) is 59.8 Å². The smallest absolute Gasteiger partial charge is 0.387 e. The lowest BCUT2D eigenvalue weighted by molar-refractivity contribution is -0.0498. The number of hydrogen-bond donors (Lipinski definition) is 0. The minimum Gasteiger partial charge on any atom is -0.435 e. The molecule has 0 radical (unpaired) electrons. The van der Waals surface area contributed by atoms with Gasteiger partial charge in [-0.1, -0.05) is 0 Å². The lowest BCUT2D eigenvalue weighted by Crippen LogP contribution is -2.24. The second-order valence-corrected chi connectivity index (χ2v) is 7.29. The molecule has 4 aromatic rings. The molecule has 0 amide bonds. The van der Waals surface area contributed by atoms with Crippen molar-refractivity contribution < 1.29 is 13.5 Å². The van der Waals surface area contributed by atoms with Crippen molar-refractivity contribution in [2.45, 2.75) is 20.1 Å². The Morgan fingerprint density at radius 2 is 1.90 bits per heavy atom. The van der Waals surface area contributed by atoms with Crippen molar-refractivity contribution in [3.8, 4) is 22.0 Å². The van der Waals surface area contributed by atoms with Gasteiger partial charge in [0.25, 0.3) is 5.56 Å². The molecule has 0 fully saturated rings. The Morgan fingerprint density at radius 1 is 1.10 bits per heavy atom. The third-order valence-corrected chi connectivity index (χ3v) is 5.01. The molecule has 0 unspecified atom stereocenters. The van der Waals surface area contributed by atoms with Gasteiger partial charge in [-0.2, -0.15) is 18.6 Å². The van der Waals surface area contributed by atoms with Crippen molar-refractivity contribution in [3.05, 3.63) is 69.6 Å². The summed E-state index contributed by atoms with van der Waals surface area (Å²) in [6, 6.07) is 12.9. The van der Waals surface area contributed by atoms with Crippen LogP contribution in [0.25, 0.3) is 16.3 Å². The van der Waals surface area contributed by atoms with Crippen molar-refractivity contribution in [2.24, 2.45) is 0 Å². The van der Waals surface area contributed by atoms with Crippen molar-refractivity contribution >= 4 is 11.3 Å². The fourth-order valence-electron chi connectivity index (χ4n) is 2.67. The van der Waals surface area contributed by atoms with Gasteiger partial charge in [-0.3, -0.25) is 4.79 Å². The molecule has 0 aliphatic rings. The fraction of sp³-hybridized carbons (Fsp3) is 0.167. The Kier molecular flexibility index (Phi) is 5.12. The molecule has 8 nitrogen and oxygen atoms in total. The number of halogens is 2. The second-order valence-electron chi connectivity index (χ2n) is 6.00. The van der Waals surface area contributed by atoms with Gasteiger partial charge in [0.05, 0.1) is 10.6 Å². The molecule has 0 saturated carbocycles. The minimum absolute atomic E-state index is 0.0233. The Labute approximate surface area is 167 Å². The van der Waals surface area contributed by atoms with E-state index in [4.69, 9.17) is 0 Å². The van der Waals surface area contributed by atoms with Crippen LogP contribution < -0.4 is 10.3 Å². The molecule has 4 rings (SSSR count). The summed E-state index contributed by atoms with van der Waals surface area (Å²) in [6.07, 6.45) is 0. The van der Waals surface area contributed by atoms with E-state index in [1.807, 2.05) is 19.1 Å². The van der Waals surface area contributed by atoms with Crippen LogP contribution in [0.4, 0.5) is 8.78 Å². The number of nitrogens with zero attached hydrogens (tertiary/aromatic N) is 6. The molecule has 0 aliphatic heterocycles. The fourth-order valence-corrected chi connectivity index (χ4v) is 3.51. The van der Waals surface area contributed by atoms with E-state index in [1.165, 1.54) is 27.6 Å². The van der Waals surface area contributed by atoms with Crippen molar-refractivity contribution in [1.29, 1.82) is 0 Å². The van der Waals surface area contributed by atoms with Gasteiger partial charge in [0.15, 0.2) is 5.82 Å². The quantitative estimate of drug-likeness (QED) is 0.480. The van der Waals surface area contributed by atoms with Gasteiger partial charge >= 0.3 is 6.61 Å². The molecule has 0 aliphatic carbocycles. The standard InChI is InChI=1S/C18H14F2N6O2S/c1-11-2-8-15(29-11)14-7-9-17(27)25(22-14)10-16-21-23-24-26(16)12-3-5-13(6-4-12)28-18(19)20/h2-9,18H,10H2,1H3. The van der Waals surface area contributed by atoms with E-state index in [9.17, 15) is 13.6 Å². The highest BCUT2D eigenvalue weighted by Gasteiger charge is 2.13. The van der Waals surface area contributed by atoms with Crippen LogP contribution in [0.2, 0.25) is 0 Å². The molecule has 0 N–H and O–H groups in total. The van der Waals surface area contributed by atoms with Gasteiger partial charge in [-0.15, -0.1) is 16.4 Å². The van der Waals surface area contributed by atoms with E-state index in [-0.39, 0.29) is 17.9 Å². The Hall–Kier alpha value is -3.47. The second kappa shape index (κ2) is 7.87. The SMILES string of the molecule is Cc1ccc(-c2ccc(=O)n(Cc3nnnn3-c3ccc(OC(F)F)cc3)n2)s1. The minimum atomic E-state index is -2.90. The third kappa shape index (κ3) is 4.19. The maximum Gasteiger partial charge on any atom is 0.387 e. The van der Waals surface area contributed by atoms with Crippen LogP contribution >= 0.6 is 11.3 Å². The predicted molar refractivity (Wildman–Crippen MR) is 101 cm³/mol. The molecule has 29 heavy (non-hydrogen) atoms. The Morgan fingerprint density at radius 3 is 2.59 bits per heavy atom. The van der Waals surface area contributed by atoms with Crippen LogP contribution in [0.1, 0.15) is 10.7 Å². The lowest BCUT2D eigenvalue weighted by Gasteiger charge is -2.08. The van der Waals surface area contributed by atoms with Gasteiger partial charge in [0.1, 0.15) is 18.0 Å². The summed E-state index contributed by atoms with van der Waals surface area (Å²) in [7, 11) is 0. The highest BCUT2D eigenvalue weighted by Crippen LogP contribution is 2.25. The number of hydrogen-bond acceptors (Lipinski definition) is 7. The number of aryl methyl sites for hydroxylation is 1.